The van der Waals surface area contributed by atoms with E-state index in [9.17, 15) is 15.0 Å². The smallest absolute Gasteiger partial charge is 0.303 e. The second-order valence-electron chi connectivity index (χ2n) is 11.3. The Bertz CT molecular complexity index is 605. The fourth-order valence-electron chi connectivity index (χ4n) is 8.71. The van der Waals surface area contributed by atoms with Gasteiger partial charge in [-0.1, -0.05) is 20.8 Å². The number of aliphatic hydroxyl groups excluding tert-OH is 2. The molecule has 4 nitrogen and oxygen atoms in total. The van der Waals surface area contributed by atoms with E-state index in [1.165, 1.54) is 19.3 Å². The largest absolute Gasteiger partial charge is 0.481 e. The topological polar surface area (TPSA) is 77.8 Å². The first kappa shape index (κ1) is 20.7. The molecule has 0 aromatic carbocycles. The summed E-state index contributed by atoms with van der Waals surface area (Å²) in [5.74, 6) is 2.55. The minimum Gasteiger partial charge on any atom is -0.481 e. The molecule has 160 valence electrons. The molecule has 4 aliphatic carbocycles. The van der Waals surface area contributed by atoms with Crippen molar-refractivity contribution in [3.8, 4) is 0 Å². The van der Waals surface area contributed by atoms with Crippen LogP contribution in [0.15, 0.2) is 0 Å². The third-order valence-electron chi connectivity index (χ3n) is 10.3. The highest BCUT2D eigenvalue weighted by Crippen LogP contribution is 2.68. The molecule has 4 saturated carbocycles. The highest BCUT2D eigenvalue weighted by atomic mass is 16.4. The number of aliphatic carboxylic acids is 1. The highest BCUT2D eigenvalue weighted by Gasteiger charge is 2.63. The first-order chi connectivity index (χ1) is 13.2. The summed E-state index contributed by atoms with van der Waals surface area (Å²) in [5, 5.41) is 30.8. The molecular formula is C24H40O4. The Kier molecular flexibility index (Phi) is 5.36. The lowest BCUT2D eigenvalue weighted by molar-refractivity contribution is -0.175. The maximum atomic E-state index is 11.5. The van der Waals surface area contributed by atoms with Crippen LogP contribution in [0.3, 0.4) is 0 Å². The summed E-state index contributed by atoms with van der Waals surface area (Å²) in [7, 11) is 0. The minimum absolute atomic E-state index is 0.0591. The summed E-state index contributed by atoms with van der Waals surface area (Å²) >= 11 is 0. The Balaban J connectivity index is 1.56. The van der Waals surface area contributed by atoms with Crippen LogP contribution in [0.25, 0.3) is 0 Å². The SMILES string of the molecule is CC(CCC(=O)O)C1CCC2C3CCC4C[C@H](O)CCC4(C)C3C[C@H](O)C12C. The number of carbonyl (C=O) groups is 1. The quantitative estimate of drug-likeness (QED) is 0.659. The summed E-state index contributed by atoms with van der Waals surface area (Å²) in [4.78, 5) is 11.1. The molecule has 0 amide bonds. The van der Waals surface area contributed by atoms with Gasteiger partial charge in [-0.2, -0.15) is 0 Å². The van der Waals surface area contributed by atoms with E-state index in [2.05, 4.69) is 20.8 Å². The van der Waals surface area contributed by atoms with Crippen molar-refractivity contribution in [1.29, 1.82) is 0 Å². The first-order valence-electron chi connectivity index (χ1n) is 11.8. The summed E-state index contributed by atoms with van der Waals surface area (Å²) in [6.07, 6.45) is 9.26. The van der Waals surface area contributed by atoms with E-state index < -0.39 is 5.97 Å². The van der Waals surface area contributed by atoms with Crippen molar-refractivity contribution in [2.75, 3.05) is 0 Å². The van der Waals surface area contributed by atoms with Gasteiger partial charge in [0.2, 0.25) is 0 Å². The Morgan fingerprint density at radius 3 is 2.50 bits per heavy atom. The summed E-state index contributed by atoms with van der Waals surface area (Å²) in [6, 6.07) is 0. The standard InChI is InChI=1S/C24H40O4/c1-14(4-9-22(27)28)18-7-8-19-17-6-5-15-12-16(25)10-11-23(15,2)20(17)13-21(26)24(18,19)3/h14-21,25-26H,4-13H2,1-3H3,(H,27,28)/t14?,15?,16-,17?,18?,19?,20?,21+,23?,24?/m1/s1. The van der Waals surface area contributed by atoms with Crippen LogP contribution in [0, 0.1) is 46.3 Å². The van der Waals surface area contributed by atoms with E-state index in [4.69, 9.17) is 5.11 Å². The minimum atomic E-state index is -0.707. The Morgan fingerprint density at radius 1 is 1.04 bits per heavy atom. The van der Waals surface area contributed by atoms with E-state index >= 15 is 0 Å². The van der Waals surface area contributed by atoms with E-state index in [1.54, 1.807) is 0 Å². The molecule has 0 radical (unpaired) electrons. The van der Waals surface area contributed by atoms with Crippen LogP contribution in [-0.4, -0.2) is 33.5 Å². The molecule has 4 heteroatoms. The van der Waals surface area contributed by atoms with Gasteiger partial charge in [0.1, 0.15) is 0 Å². The summed E-state index contributed by atoms with van der Waals surface area (Å²) in [5.41, 5.74) is 0.216. The zero-order valence-corrected chi connectivity index (χ0v) is 17.9. The van der Waals surface area contributed by atoms with Gasteiger partial charge in [-0.25, -0.2) is 0 Å². The highest BCUT2D eigenvalue weighted by molar-refractivity contribution is 5.66. The fraction of sp³-hybridized carbons (Fsp3) is 0.958. The maximum absolute atomic E-state index is 11.5. The number of rotatable bonds is 4. The van der Waals surface area contributed by atoms with Gasteiger partial charge in [-0.3, -0.25) is 4.79 Å². The van der Waals surface area contributed by atoms with Crippen molar-refractivity contribution >= 4 is 5.97 Å². The Hall–Kier alpha value is -0.610. The zero-order valence-electron chi connectivity index (χ0n) is 17.9. The molecule has 10 atom stereocenters. The number of hydrogen-bond donors (Lipinski definition) is 3. The molecule has 4 rings (SSSR count). The molecule has 0 spiro atoms. The fourth-order valence-corrected chi connectivity index (χ4v) is 8.71. The second-order valence-corrected chi connectivity index (χ2v) is 11.3. The molecule has 28 heavy (non-hydrogen) atoms. The van der Waals surface area contributed by atoms with E-state index in [1.807, 2.05) is 0 Å². The molecule has 3 N–H and O–H groups in total. The van der Waals surface area contributed by atoms with Crippen molar-refractivity contribution in [3.05, 3.63) is 0 Å². The van der Waals surface area contributed by atoms with Crippen LogP contribution >= 0.6 is 0 Å². The predicted octanol–water partition coefficient (Wildman–Crippen LogP) is 4.48. The van der Waals surface area contributed by atoms with Crippen molar-refractivity contribution in [1.82, 2.24) is 0 Å². The lowest BCUT2D eigenvalue weighted by atomic mass is 9.43. The maximum Gasteiger partial charge on any atom is 0.303 e. The number of hydrogen-bond acceptors (Lipinski definition) is 3. The van der Waals surface area contributed by atoms with E-state index in [0.717, 1.165) is 38.5 Å². The molecule has 8 unspecified atom stereocenters. The van der Waals surface area contributed by atoms with Gasteiger partial charge in [-0.05, 0) is 104 Å². The predicted molar refractivity (Wildman–Crippen MR) is 109 cm³/mol. The van der Waals surface area contributed by atoms with Gasteiger partial charge in [0.05, 0.1) is 12.2 Å². The molecule has 4 aliphatic rings. The lowest BCUT2D eigenvalue weighted by Gasteiger charge is -2.62. The van der Waals surface area contributed by atoms with Crippen LogP contribution in [-0.2, 0) is 4.79 Å². The number of carboxylic acid groups (broad SMARTS) is 1. The van der Waals surface area contributed by atoms with Crippen LogP contribution in [0.2, 0.25) is 0 Å². The number of carboxylic acids is 1. The molecule has 0 saturated heterocycles. The van der Waals surface area contributed by atoms with Gasteiger partial charge in [0, 0.05) is 6.42 Å². The molecule has 4 fully saturated rings. The molecule has 0 bridgehead atoms. The Labute approximate surface area is 170 Å². The van der Waals surface area contributed by atoms with Crippen LogP contribution in [0.1, 0.15) is 85.0 Å². The second kappa shape index (κ2) is 7.27. The van der Waals surface area contributed by atoms with Crippen LogP contribution in [0.4, 0.5) is 0 Å². The third-order valence-corrected chi connectivity index (χ3v) is 10.3. The van der Waals surface area contributed by atoms with Gasteiger partial charge < -0.3 is 15.3 Å². The molecule has 0 aliphatic heterocycles. The van der Waals surface area contributed by atoms with Crippen molar-refractivity contribution < 1.29 is 20.1 Å². The number of fused-ring (bicyclic) bond motifs is 5. The third kappa shape index (κ3) is 3.05. The average molecular weight is 393 g/mol. The Morgan fingerprint density at radius 2 is 1.79 bits per heavy atom. The van der Waals surface area contributed by atoms with Gasteiger partial charge >= 0.3 is 5.97 Å². The van der Waals surface area contributed by atoms with Crippen molar-refractivity contribution in [2.24, 2.45) is 46.3 Å². The van der Waals surface area contributed by atoms with Gasteiger partial charge in [-0.15, -0.1) is 0 Å². The normalized spacial score (nSPS) is 51.7. The summed E-state index contributed by atoms with van der Waals surface area (Å²) < 4.78 is 0. The molecule has 0 heterocycles. The molecular weight excluding hydrogens is 352 g/mol. The average Bonchev–Trinajstić information content (AvgIpc) is 3.00. The van der Waals surface area contributed by atoms with Crippen LogP contribution in [0.5, 0.6) is 0 Å². The molecule has 0 aromatic rings. The first-order valence-corrected chi connectivity index (χ1v) is 11.8. The van der Waals surface area contributed by atoms with Crippen molar-refractivity contribution in [2.45, 2.75) is 97.2 Å². The zero-order chi connectivity index (χ0) is 20.3. The molecule has 0 aromatic heterocycles. The van der Waals surface area contributed by atoms with Gasteiger partial charge in [0.25, 0.3) is 0 Å². The van der Waals surface area contributed by atoms with Crippen LogP contribution < -0.4 is 0 Å². The van der Waals surface area contributed by atoms with E-state index in [0.29, 0.717) is 35.5 Å². The monoisotopic (exact) mass is 392 g/mol. The van der Waals surface area contributed by atoms with Crippen molar-refractivity contribution in [3.63, 3.8) is 0 Å². The lowest BCUT2D eigenvalue weighted by Crippen LogP contribution is -2.58. The van der Waals surface area contributed by atoms with Gasteiger partial charge in [0.15, 0.2) is 0 Å². The number of aliphatic hydroxyl groups is 2. The summed E-state index contributed by atoms with van der Waals surface area (Å²) in [6.45, 7) is 6.99. The van der Waals surface area contributed by atoms with E-state index in [-0.39, 0.29) is 29.5 Å².